The van der Waals surface area contributed by atoms with Crippen LogP contribution in [-0.2, 0) is 37.5 Å². The highest BCUT2D eigenvalue weighted by Gasteiger charge is 2.28. The number of rotatable bonds is 41. The molecule has 11 nitrogen and oxygen atoms in total. The fourth-order valence-corrected chi connectivity index (χ4v) is 6.52. The van der Waals surface area contributed by atoms with Gasteiger partial charge in [0.25, 0.3) is 0 Å². The summed E-state index contributed by atoms with van der Waals surface area (Å²) in [5.41, 5.74) is 5.33. The van der Waals surface area contributed by atoms with E-state index in [4.69, 9.17) is 24.8 Å². The maximum Gasteiger partial charge on any atom is 0.472 e. The van der Waals surface area contributed by atoms with E-state index in [1.807, 2.05) is 0 Å². The number of carbonyl (C=O) groups excluding carboxylic acids is 2. The second-order valence-corrected chi connectivity index (χ2v) is 16.2. The zero-order valence-corrected chi connectivity index (χ0v) is 37.0. The van der Waals surface area contributed by atoms with E-state index in [0.717, 1.165) is 89.9 Å². The topological polar surface area (TPSA) is 172 Å². The Labute approximate surface area is 351 Å². The summed E-state index contributed by atoms with van der Waals surface area (Å²) < 4.78 is 32.7. The number of phosphoric ester groups is 1. The molecule has 0 heterocycles. The van der Waals surface area contributed by atoms with E-state index in [0.29, 0.717) is 12.8 Å². The van der Waals surface area contributed by atoms with Gasteiger partial charge >= 0.3 is 25.7 Å². The van der Waals surface area contributed by atoms with Crippen LogP contribution in [0.25, 0.3) is 0 Å². The highest BCUT2D eigenvalue weighted by molar-refractivity contribution is 7.47. The number of hydrogen-bond donors (Lipinski definition) is 3. The van der Waals surface area contributed by atoms with E-state index in [-0.39, 0.29) is 19.4 Å². The fraction of sp³-hybridized carbons (Fsp3) is 0.717. The lowest BCUT2D eigenvalue weighted by molar-refractivity contribution is -0.161. The first-order chi connectivity index (χ1) is 28.1. The largest absolute Gasteiger partial charge is 0.480 e. The normalized spacial score (nSPS) is 14.3. The first-order valence-electron chi connectivity index (χ1n) is 22.3. The van der Waals surface area contributed by atoms with Crippen LogP contribution in [0.2, 0.25) is 0 Å². The zero-order valence-electron chi connectivity index (χ0n) is 36.1. The summed E-state index contributed by atoms with van der Waals surface area (Å²) in [6.07, 6.45) is 47.2. The van der Waals surface area contributed by atoms with E-state index in [9.17, 15) is 23.8 Å². The molecule has 0 amide bonds. The molecule has 0 rings (SSSR count). The molecule has 0 fully saturated rings. The third kappa shape index (κ3) is 40.0. The lowest BCUT2D eigenvalue weighted by atomic mass is 10.0. The second kappa shape index (κ2) is 40.9. The molecule has 0 saturated carbocycles. The van der Waals surface area contributed by atoms with Gasteiger partial charge in [-0.15, -0.1) is 0 Å². The maximum atomic E-state index is 12.6. The number of phosphoric acid groups is 1. The van der Waals surface area contributed by atoms with Gasteiger partial charge in [0.2, 0.25) is 0 Å². The average molecular weight is 838 g/mol. The predicted octanol–water partition coefficient (Wildman–Crippen LogP) is 12.0. The van der Waals surface area contributed by atoms with Crippen molar-refractivity contribution in [2.75, 3.05) is 19.8 Å². The van der Waals surface area contributed by atoms with Crippen molar-refractivity contribution in [3.05, 3.63) is 60.8 Å². The van der Waals surface area contributed by atoms with Crippen molar-refractivity contribution in [1.82, 2.24) is 0 Å². The van der Waals surface area contributed by atoms with Crippen molar-refractivity contribution < 1.29 is 47.5 Å². The van der Waals surface area contributed by atoms with E-state index in [1.54, 1.807) is 0 Å². The van der Waals surface area contributed by atoms with Crippen LogP contribution in [0.3, 0.4) is 0 Å². The number of esters is 2. The Morgan fingerprint density at radius 3 is 1.47 bits per heavy atom. The molecule has 3 unspecified atom stereocenters. The molecule has 3 atom stereocenters. The second-order valence-electron chi connectivity index (χ2n) is 14.8. The molecular weight excluding hydrogens is 757 g/mol. The molecular formula is C46H80NO10P. The van der Waals surface area contributed by atoms with Crippen molar-refractivity contribution in [2.24, 2.45) is 5.73 Å². The first kappa shape index (κ1) is 55.2. The number of hydrogen-bond acceptors (Lipinski definition) is 9. The van der Waals surface area contributed by atoms with Crippen LogP contribution in [0.15, 0.2) is 60.8 Å². The molecule has 0 aromatic carbocycles. The predicted molar refractivity (Wildman–Crippen MR) is 235 cm³/mol. The first-order valence-corrected chi connectivity index (χ1v) is 23.8. The third-order valence-corrected chi connectivity index (χ3v) is 10.2. The summed E-state index contributed by atoms with van der Waals surface area (Å²) in [5, 5.41) is 8.89. The lowest BCUT2D eigenvalue weighted by Gasteiger charge is -2.20. The minimum absolute atomic E-state index is 0.152. The van der Waals surface area contributed by atoms with Crippen LogP contribution >= 0.6 is 7.82 Å². The molecule has 334 valence electrons. The quantitative estimate of drug-likeness (QED) is 0.0231. The molecule has 0 saturated heterocycles. The SMILES string of the molecule is CC/C=C\C/C=C\C/C=C\C/C=C\CCCCCCCCCCCCC(=O)OC(COC(=O)CCCCCCC/C=C\CCCC)COP(=O)(O)OCC(N)C(=O)O. The minimum Gasteiger partial charge on any atom is -0.480 e. The number of carboxylic acid groups (broad SMARTS) is 1. The molecule has 58 heavy (non-hydrogen) atoms. The van der Waals surface area contributed by atoms with Crippen molar-refractivity contribution in [3.63, 3.8) is 0 Å². The molecule has 4 N–H and O–H groups in total. The maximum absolute atomic E-state index is 12.6. The van der Waals surface area contributed by atoms with Gasteiger partial charge in [0, 0.05) is 12.8 Å². The Bertz CT molecular complexity index is 1210. The third-order valence-electron chi connectivity index (χ3n) is 9.25. The number of allylic oxidation sites excluding steroid dienone is 10. The Morgan fingerprint density at radius 2 is 0.966 bits per heavy atom. The molecule has 0 aliphatic rings. The summed E-state index contributed by atoms with van der Waals surface area (Å²) in [7, 11) is -4.72. The van der Waals surface area contributed by atoms with Gasteiger partial charge in [-0.1, -0.05) is 158 Å². The summed E-state index contributed by atoms with van der Waals surface area (Å²) >= 11 is 0. The highest BCUT2D eigenvalue weighted by Crippen LogP contribution is 2.43. The van der Waals surface area contributed by atoms with Crippen LogP contribution in [0.5, 0.6) is 0 Å². The minimum atomic E-state index is -4.72. The van der Waals surface area contributed by atoms with E-state index >= 15 is 0 Å². The smallest absolute Gasteiger partial charge is 0.472 e. The van der Waals surface area contributed by atoms with Gasteiger partial charge in [-0.2, -0.15) is 0 Å². The van der Waals surface area contributed by atoms with E-state index in [2.05, 4.69) is 79.1 Å². The molecule has 0 bridgehead atoms. The Morgan fingerprint density at radius 1 is 0.552 bits per heavy atom. The number of aliphatic carboxylic acids is 1. The zero-order chi connectivity index (χ0) is 42.8. The molecule has 0 spiro atoms. The van der Waals surface area contributed by atoms with Gasteiger partial charge < -0.3 is 25.2 Å². The van der Waals surface area contributed by atoms with Crippen molar-refractivity contribution in [2.45, 2.75) is 193 Å². The average Bonchev–Trinajstić information content (AvgIpc) is 3.20. The Kier molecular flexibility index (Phi) is 38.9. The van der Waals surface area contributed by atoms with Gasteiger partial charge in [0.1, 0.15) is 12.6 Å². The standard InChI is InChI=1S/C46H80NO10P/c1-3-5-7-9-11-13-15-16-17-18-19-20-21-22-23-24-25-26-28-30-32-34-36-38-45(49)57-42(40-55-58(52,53)56-41-43(47)46(50)51)39-54-44(48)37-35-33-31-29-27-14-12-10-8-6-4-2/h5,7,10-13,16-17,19-20,42-43H,3-4,6,8-9,14-15,18,21-41,47H2,1-2H3,(H,50,51)(H,52,53)/b7-5-,12-10-,13-11-,17-16-,20-19-. The van der Waals surface area contributed by atoms with Crippen molar-refractivity contribution >= 4 is 25.7 Å². The molecule has 0 aliphatic heterocycles. The molecule has 12 heteroatoms. The molecule has 0 aromatic heterocycles. The van der Waals surface area contributed by atoms with Crippen LogP contribution in [0, 0.1) is 0 Å². The number of ether oxygens (including phenoxy) is 2. The molecule has 0 aliphatic carbocycles. The van der Waals surface area contributed by atoms with E-state index < -0.39 is 51.1 Å². The number of unbranched alkanes of at least 4 members (excludes halogenated alkanes) is 17. The van der Waals surface area contributed by atoms with Gasteiger partial charge in [-0.25, -0.2) is 4.57 Å². The van der Waals surface area contributed by atoms with Crippen LogP contribution in [0.4, 0.5) is 0 Å². The Hall–Kier alpha value is -2.82. The van der Waals surface area contributed by atoms with Crippen molar-refractivity contribution in [3.8, 4) is 0 Å². The number of carbonyl (C=O) groups is 3. The van der Waals surface area contributed by atoms with Crippen LogP contribution in [0.1, 0.15) is 181 Å². The highest BCUT2D eigenvalue weighted by atomic mass is 31.2. The van der Waals surface area contributed by atoms with Crippen molar-refractivity contribution in [1.29, 1.82) is 0 Å². The van der Waals surface area contributed by atoms with E-state index in [1.165, 1.54) is 51.4 Å². The summed E-state index contributed by atoms with van der Waals surface area (Å²) in [6.45, 7) is 2.63. The van der Waals surface area contributed by atoms with Gasteiger partial charge in [0.15, 0.2) is 6.10 Å². The number of carboxylic acids is 1. The Balaban J connectivity index is 4.28. The monoisotopic (exact) mass is 838 g/mol. The molecule has 0 radical (unpaired) electrons. The summed E-state index contributed by atoms with van der Waals surface area (Å²) in [5.74, 6) is -2.40. The van der Waals surface area contributed by atoms with Gasteiger partial charge in [0.05, 0.1) is 13.2 Å². The molecule has 0 aromatic rings. The van der Waals surface area contributed by atoms with Gasteiger partial charge in [-0.05, 0) is 70.6 Å². The van der Waals surface area contributed by atoms with Gasteiger partial charge in [-0.3, -0.25) is 23.4 Å². The fourth-order valence-electron chi connectivity index (χ4n) is 5.74. The summed E-state index contributed by atoms with van der Waals surface area (Å²) in [4.78, 5) is 45.9. The van der Waals surface area contributed by atoms with Crippen LogP contribution in [-0.4, -0.2) is 59.9 Å². The lowest BCUT2D eigenvalue weighted by Crippen LogP contribution is -2.34. The van der Waals surface area contributed by atoms with Crippen LogP contribution < -0.4 is 5.73 Å². The number of nitrogens with two attached hydrogens (primary N) is 1. The summed E-state index contributed by atoms with van der Waals surface area (Å²) in [6, 6.07) is -1.52.